The van der Waals surface area contributed by atoms with Crippen LogP contribution in [-0.4, -0.2) is 39.0 Å². The maximum absolute atomic E-state index is 12.1. The first-order valence-corrected chi connectivity index (χ1v) is 8.22. The lowest BCUT2D eigenvalue weighted by molar-refractivity contribution is -0.124. The van der Waals surface area contributed by atoms with Gasteiger partial charge in [-0.25, -0.2) is 4.79 Å². The second-order valence-corrected chi connectivity index (χ2v) is 5.71. The van der Waals surface area contributed by atoms with Crippen LogP contribution in [0, 0.1) is 0 Å². The molecule has 1 N–H and O–H groups in total. The molecule has 0 fully saturated rings. The molecular formula is C20H21NO6. The molecule has 142 valence electrons. The van der Waals surface area contributed by atoms with Crippen molar-refractivity contribution in [2.24, 2.45) is 0 Å². The number of hydrogen-bond donors (Lipinski definition) is 1. The van der Waals surface area contributed by atoms with Crippen LogP contribution >= 0.6 is 0 Å². The van der Waals surface area contributed by atoms with Crippen molar-refractivity contribution in [1.29, 1.82) is 0 Å². The van der Waals surface area contributed by atoms with Crippen molar-refractivity contribution < 1.29 is 28.6 Å². The van der Waals surface area contributed by atoms with Gasteiger partial charge in [0.15, 0.2) is 6.61 Å². The first-order chi connectivity index (χ1) is 13.0. The summed E-state index contributed by atoms with van der Waals surface area (Å²) in [5, 5.41) is 2.75. The van der Waals surface area contributed by atoms with Crippen molar-refractivity contribution in [1.82, 2.24) is 5.32 Å². The van der Waals surface area contributed by atoms with Crippen molar-refractivity contribution in [3.63, 3.8) is 0 Å². The molecule has 0 radical (unpaired) electrons. The van der Waals surface area contributed by atoms with Crippen LogP contribution < -0.4 is 14.8 Å². The summed E-state index contributed by atoms with van der Waals surface area (Å²) in [7, 11) is 3.09. The Morgan fingerprint density at radius 1 is 1.07 bits per heavy atom. The van der Waals surface area contributed by atoms with Gasteiger partial charge in [0.25, 0.3) is 5.91 Å². The number of rotatable bonds is 8. The fraction of sp³-hybridized carbons (Fsp3) is 0.250. The minimum atomic E-state index is -0.644. The largest absolute Gasteiger partial charge is 0.497 e. The molecule has 0 saturated carbocycles. The third kappa shape index (κ3) is 5.31. The van der Waals surface area contributed by atoms with Gasteiger partial charge in [-0.1, -0.05) is 12.1 Å². The summed E-state index contributed by atoms with van der Waals surface area (Å²) in [6, 6.07) is 10.8. The van der Waals surface area contributed by atoms with Crippen molar-refractivity contribution >= 4 is 18.2 Å². The summed E-state index contributed by atoms with van der Waals surface area (Å²) >= 11 is 0. The second-order valence-electron chi connectivity index (χ2n) is 5.71. The molecule has 2 rings (SSSR count). The number of carbonyl (C=O) groups is 3. The zero-order chi connectivity index (χ0) is 19.8. The van der Waals surface area contributed by atoms with Gasteiger partial charge >= 0.3 is 5.97 Å². The zero-order valence-corrected chi connectivity index (χ0v) is 15.4. The topological polar surface area (TPSA) is 90.9 Å². The fourth-order valence-corrected chi connectivity index (χ4v) is 2.45. The summed E-state index contributed by atoms with van der Waals surface area (Å²) in [4.78, 5) is 34.7. The average molecular weight is 371 g/mol. The summed E-state index contributed by atoms with van der Waals surface area (Å²) in [6.07, 6.45) is 0.677. The van der Waals surface area contributed by atoms with Crippen LogP contribution in [-0.2, 0) is 9.53 Å². The third-order valence-corrected chi connectivity index (χ3v) is 3.90. The van der Waals surface area contributed by atoms with Gasteiger partial charge in [-0.2, -0.15) is 0 Å². The van der Waals surface area contributed by atoms with Crippen LogP contribution in [0.25, 0.3) is 0 Å². The summed E-state index contributed by atoms with van der Waals surface area (Å²) in [5.41, 5.74) is 1.45. The molecule has 0 spiro atoms. The van der Waals surface area contributed by atoms with Crippen molar-refractivity contribution in [3.8, 4) is 11.5 Å². The number of benzene rings is 2. The Hall–Kier alpha value is -3.35. The van der Waals surface area contributed by atoms with E-state index in [1.165, 1.54) is 31.4 Å². The number of esters is 1. The molecule has 1 amide bonds. The predicted molar refractivity (Wildman–Crippen MR) is 98.2 cm³/mol. The van der Waals surface area contributed by atoms with E-state index in [9.17, 15) is 14.4 Å². The van der Waals surface area contributed by atoms with E-state index in [0.717, 1.165) is 5.56 Å². The summed E-state index contributed by atoms with van der Waals surface area (Å²) in [5.74, 6) is 0.146. The van der Waals surface area contributed by atoms with Crippen LogP contribution in [0.3, 0.4) is 0 Å². The number of ether oxygens (including phenoxy) is 3. The van der Waals surface area contributed by atoms with Crippen molar-refractivity contribution in [2.75, 3.05) is 20.8 Å². The molecule has 0 heterocycles. The van der Waals surface area contributed by atoms with Crippen molar-refractivity contribution in [3.05, 3.63) is 59.2 Å². The Labute approximate surface area is 157 Å². The average Bonchev–Trinajstić information content (AvgIpc) is 2.71. The third-order valence-electron chi connectivity index (χ3n) is 3.90. The normalized spacial score (nSPS) is 11.2. The van der Waals surface area contributed by atoms with E-state index >= 15 is 0 Å². The minimum Gasteiger partial charge on any atom is -0.497 e. The SMILES string of the molecule is COc1ccc(OC)c([C@H](C)NC(=O)COC(=O)c2ccc(C=O)cc2)c1. The van der Waals surface area contributed by atoms with Crippen LogP contribution in [0.5, 0.6) is 11.5 Å². The highest BCUT2D eigenvalue weighted by molar-refractivity contribution is 5.92. The van der Waals surface area contributed by atoms with Crippen LogP contribution in [0.1, 0.15) is 39.2 Å². The van der Waals surface area contributed by atoms with E-state index in [-0.39, 0.29) is 11.6 Å². The predicted octanol–water partition coefficient (Wildman–Crippen LogP) is 2.55. The molecule has 27 heavy (non-hydrogen) atoms. The smallest absolute Gasteiger partial charge is 0.338 e. The number of hydrogen-bond acceptors (Lipinski definition) is 6. The number of carbonyl (C=O) groups excluding carboxylic acids is 3. The molecule has 2 aromatic rings. The molecule has 0 aliphatic carbocycles. The van der Waals surface area contributed by atoms with Gasteiger partial charge in [-0.3, -0.25) is 9.59 Å². The monoisotopic (exact) mass is 371 g/mol. The molecule has 0 aliphatic heterocycles. The first kappa shape index (κ1) is 20.0. The highest BCUT2D eigenvalue weighted by atomic mass is 16.5. The van der Waals surface area contributed by atoms with E-state index in [2.05, 4.69) is 5.32 Å². The number of aldehydes is 1. The maximum atomic E-state index is 12.1. The van der Waals surface area contributed by atoms with Crippen molar-refractivity contribution in [2.45, 2.75) is 13.0 Å². The van der Waals surface area contributed by atoms with E-state index in [4.69, 9.17) is 14.2 Å². The highest BCUT2D eigenvalue weighted by Gasteiger charge is 2.17. The van der Waals surface area contributed by atoms with E-state index < -0.39 is 18.5 Å². The van der Waals surface area contributed by atoms with Gasteiger partial charge in [0.1, 0.15) is 17.8 Å². The van der Waals surface area contributed by atoms with Crippen LogP contribution in [0.4, 0.5) is 0 Å². The number of nitrogens with one attached hydrogen (secondary N) is 1. The Morgan fingerprint density at radius 3 is 2.37 bits per heavy atom. The molecule has 2 aromatic carbocycles. The quantitative estimate of drug-likeness (QED) is 0.566. The maximum Gasteiger partial charge on any atom is 0.338 e. The Bertz CT molecular complexity index is 816. The summed E-state index contributed by atoms with van der Waals surface area (Å²) in [6.45, 7) is 1.36. The molecule has 0 bridgehead atoms. The van der Waals surface area contributed by atoms with E-state index in [0.29, 0.717) is 23.3 Å². The number of methoxy groups -OCH3 is 2. The van der Waals surface area contributed by atoms with Crippen LogP contribution in [0.2, 0.25) is 0 Å². The fourth-order valence-electron chi connectivity index (χ4n) is 2.45. The molecule has 0 aliphatic rings. The Morgan fingerprint density at radius 2 is 1.78 bits per heavy atom. The molecule has 0 unspecified atom stereocenters. The highest BCUT2D eigenvalue weighted by Crippen LogP contribution is 2.29. The minimum absolute atomic E-state index is 0.260. The molecule has 1 atom stereocenters. The molecular weight excluding hydrogens is 350 g/mol. The Kier molecular flexibility index (Phi) is 6.93. The molecule has 0 saturated heterocycles. The van der Waals surface area contributed by atoms with Crippen LogP contribution in [0.15, 0.2) is 42.5 Å². The standard InChI is InChI=1S/C20H21NO6/c1-13(17-10-16(25-2)8-9-18(17)26-3)21-19(23)12-27-20(24)15-6-4-14(11-22)5-7-15/h4-11,13H,12H2,1-3H3,(H,21,23)/t13-/m0/s1. The molecule has 0 aromatic heterocycles. The molecule has 7 nitrogen and oxygen atoms in total. The zero-order valence-electron chi connectivity index (χ0n) is 15.4. The van der Waals surface area contributed by atoms with E-state index in [1.54, 1.807) is 32.2 Å². The van der Waals surface area contributed by atoms with Gasteiger partial charge in [0, 0.05) is 11.1 Å². The van der Waals surface area contributed by atoms with Gasteiger partial charge in [0.05, 0.1) is 25.8 Å². The number of amides is 1. The Balaban J connectivity index is 1.94. The summed E-state index contributed by atoms with van der Waals surface area (Å²) < 4.78 is 15.5. The second kappa shape index (κ2) is 9.38. The lowest BCUT2D eigenvalue weighted by atomic mass is 10.1. The lowest BCUT2D eigenvalue weighted by Gasteiger charge is -2.18. The lowest BCUT2D eigenvalue weighted by Crippen LogP contribution is -2.31. The van der Waals surface area contributed by atoms with Gasteiger partial charge in [0.2, 0.25) is 0 Å². The van der Waals surface area contributed by atoms with Gasteiger partial charge < -0.3 is 19.5 Å². The molecule has 7 heteroatoms. The van der Waals surface area contributed by atoms with E-state index in [1.807, 2.05) is 0 Å². The van der Waals surface area contributed by atoms with Gasteiger partial charge in [-0.15, -0.1) is 0 Å². The van der Waals surface area contributed by atoms with Gasteiger partial charge in [-0.05, 0) is 37.3 Å². The first-order valence-electron chi connectivity index (χ1n) is 8.22.